The standard InChI is InChI=1S/C14H19F4N3O/c1-19-13(20-6-5-14(16,17)18)21-8-10-3-4-12(15)11(7-10)9-22-2/h3-4,7H,5-6,8-9H2,1-2H3,(H2,19,20,21). The maximum atomic E-state index is 13.5. The van der Waals surface area contributed by atoms with E-state index in [1.165, 1.54) is 20.2 Å². The highest BCUT2D eigenvalue weighted by Crippen LogP contribution is 2.18. The van der Waals surface area contributed by atoms with Crippen LogP contribution in [0.1, 0.15) is 17.5 Å². The second-order valence-corrected chi connectivity index (χ2v) is 4.58. The Kier molecular flexibility index (Phi) is 7.10. The summed E-state index contributed by atoms with van der Waals surface area (Å²) in [6, 6.07) is 4.55. The van der Waals surface area contributed by atoms with Crippen molar-refractivity contribution in [1.82, 2.24) is 10.6 Å². The minimum atomic E-state index is -4.21. The Bertz CT molecular complexity index is 503. The molecule has 0 heterocycles. The fourth-order valence-electron chi connectivity index (χ4n) is 1.73. The molecule has 4 nitrogen and oxygen atoms in total. The summed E-state index contributed by atoms with van der Waals surface area (Å²) in [5, 5.41) is 5.44. The first-order valence-electron chi connectivity index (χ1n) is 6.63. The highest BCUT2D eigenvalue weighted by atomic mass is 19.4. The van der Waals surface area contributed by atoms with Gasteiger partial charge in [-0.05, 0) is 17.7 Å². The molecule has 0 bridgehead atoms. The Balaban J connectivity index is 2.51. The van der Waals surface area contributed by atoms with Crippen molar-refractivity contribution in [2.24, 2.45) is 4.99 Å². The molecule has 0 saturated carbocycles. The third-order valence-corrected chi connectivity index (χ3v) is 2.79. The maximum absolute atomic E-state index is 13.5. The number of halogens is 4. The molecule has 0 aliphatic rings. The first-order valence-corrected chi connectivity index (χ1v) is 6.63. The summed E-state index contributed by atoms with van der Waals surface area (Å²) in [6.07, 6.45) is -5.15. The van der Waals surface area contributed by atoms with E-state index in [4.69, 9.17) is 4.74 Å². The zero-order valence-corrected chi connectivity index (χ0v) is 12.4. The number of ether oxygens (including phenoxy) is 1. The lowest BCUT2D eigenvalue weighted by molar-refractivity contribution is -0.132. The molecule has 0 fully saturated rings. The fourth-order valence-corrected chi connectivity index (χ4v) is 1.73. The van der Waals surface area contributed by atoms with Gasteiger partial charge in [-0.25, -0.2) is 4.39 Å². The first kappa shape index (κ1) is 18.2. The van der Waals surface area contributed by atoms with Gasteiger partial charge in [0, 0.05) is 32.8 Å². The van der Waals surface area contributed by atoms with E-state index in [1.807, 2.05) is 0 Å². The summed E-state index contributed by atoms with van der Waals surface area (Å²) in [5.41, 5.74) is 1.19. The lowest BCUT2D eigenvalue weighted by atomic mass is 10.1. The van der Waals surface area contributed by atoms with E-state index in [-0.39, 0.29) is 24.9 Å². The molecule has 8 heteroatoms. The van der Waals surface area contributed by atoms with Gasteiger partial charge >= 0.3 is 6.18 Å². The third kappa shape index (κ3) is 6.75. The predicted molar refractivity (Wildman–Crippen MR) is 76.0 cm³/mol. The quantitative estimate of drug-likeness (QED) is 0.481. The second-order valence-electron chi connectivity index (χ2n) is 4.58. The van der Waals surface area contributed by atoms with Crippen LogP contribution in [-0.4, -0.2) is 32.8 Å². The molecule has 0 atom stereocenters. The van der Waals surface area contributed by atoms with Crippen LogP contribution in [0.3, 0.4) is 0 Å². The van der Waals surface area contributed by atoms with Crippen LogP contribution in [0.25, 0.3) is 0 Å². The van der Waals surface area contributed by atoms with Crippen LogP contribution >= 0.6 is 0 Å². The number of hydrogen-bond donors (Lipinski definition) is 2. The molecule has 1 aromatic rings. The summed E-state index contributed by atoms with van der Waals surface area (Å²) in [4.78, 5) is 3.83. The van der Waals surface area contributed by atoms with Crippen LogP contribution in [0.2, 0.25) is 0 Å². The second kappa shape index (κ2) is 8.57. The number of aliphatic imine (C=N–C) groups is 1. The Morgan fingerprint density at radius 3 is 2.59 bits per heavy atom. The molecule has 0 radical (unpaired) electrons. The molecule has 2 N–H and O–H groups in total. The Hall–Kier alpha value is -1.83. The SMILES string of the molecule is CN=C(NCCC(F)(F)F)NCc1ccc(F)c(COC)c1. The fraction of sp³-hybridized carbons (Fsp3) is 0.500. The van der Waals surface area contributed by atoms with Crippen LogP contribution in [0.5, 0.6) is 0 Å². The summed E-state index contributed by atoms with van der Waals surface area (Å²) < 4.78 is 54.6. The van der Waals surface area contributed by atoms with Crippen molar-refractivity contribution in [3.63, 3.8) is 0 Å². The molecule has 0 unspecified atom stereocenters. The third-order valence-electron chi connectivity index (χ3n) is 2.79. The topological polar surface area (TPSA) is 45.7 Å². The molecular formula is C14H19F4N3O. The smallest absolute Gasteiger partial charge is 0.380 e. The number of benzene rings is 1. The zero-order valence-electron chi connectivity index (χ0n) is 12.4. The molecule has 22 heavy (non-hydrogen) atoms. The van der Waals surface area contributed by atoms with Crippen LogP contribution < -0.4 is 10.6 Å². The van der Waals surface area contributed by atoms with E-state index in [1.54, 1.807) is 12.1 Å². The van der Waals surface area contributed by atoms with Gasteiger partial charge in [0.1, 0.15) is 5.82 Å². The summed E-state index contributed by atoms with van der Waals surface area (Å²) >= 11 is 0. The van der Waals surface area contributed by atoms with E-state index in [0.29, 0.717) is 12.1 Å². The number of hydrogen-bond acceptors (Lipinski definition) is 2. The van der Waals surface area contributed by atoms with Crippen LogP contribution in [-0.2, 0) is 17.9 Å². The van der Waals surface area contributed by atoms with Gasteiger partial charge in [-0.3, -0.25) is 4.99 Å². The van der Waals surface area contributed by atoms with E-state index in [2.05, 4.69) is 15.6 Å². The van der Waals surface area contributed by atoms with Gasteiger partial charge in [-0.15, -0.1) is 0 Å². The van der Waals surface area contributed by atoms with E-state index in [0.717, 1.165) is 5.56 Å². The number of rotatable bonds is 6. The minimum absolute atomic E-state index is 0.151. The maximum Gasteiger partial charge on any atom is 0.390 e. The van der Waals surface area contributed by atoms with Crippen LogP contribution in [0.15, 0.2) is 23.2 Å². The van der Waals surface area contributed by atoms with Gasteiger partial charge in [0.25, 0.3) is 0 Å². The van der Waals surface area contributed by atoms with Gasteiger partial charge in [0.15, 0.2) is 5.96 Å². The molecule has 1 aromatic carbocycles. The molecule has 0 amide bonds. The Labute approximate surface area is 126 Å². The number of nitrogens with zero attached hydrogens (tertiary/aromatic N) is 1. The van der Waals surface area contributed by atoms with Gasteiger partial charge < -0.3 is 15.4 Å². The number of alkyl halides is 3. The van der Waals surface area contributed by atoms with Crippen molar-refractivity contribution in [2.45, 2.75) is 25.7 Å². The van der Waals surface area contributed by atoms with Crippen molar-refractivity contribution in [2.75, 3.05) is 20.7 Å². The molecular weight excluding hydrogens is 302 g/mol. The average Bonchev–Trinajstić information content (AvgIpc) is 2.44. The minimum Gasteiger partial charge on any atom is -0.380 e. The monoisotopic (exact) mass is 321 g/mol. The molecule has 0 aliphatic heterocycles. The van der Waals surface area contributed by atoms with Crippen molar-refractivity contribution in [3.05, 3.63) is 35.1 Å². The molecule has 124 valence electrons. The molecule has 1 rings (SSSR count). The van der Waals surface area contributed by atoms with Crippen molar-refractivity contribution >= 4 is 5.96 Å². The number of nitrogens with one attached hydrogen (secondary N) is 2. The Morgan fingerprint density at radius 2 is 2.00 bits per heavy atom. The molecule has 0 spiro atoms. The highest BCUT2D eigenvalue weighted by Gasteiger charge is 2.26. The molecule has 0 aliphatic carbocycles. The van der Waals surface area contributed by atoms with E-state index < -0.39 is 12.6 Å². The van der Waals surface area contributed by atoms with Gasteiger partial charge in [-0.1, -0.05) is 6.07 Å². The van der Waals surface area contributed by atoms with Crippen LogP contribution in [0, 0.1) is 5.82 Å². The van der Waals surface area contributed by atoms with Gasteiger partial charge in [0.2, 0.25) is 0 Å². The predicted octanol–water partition coefficient (Wildman–Crippen LogP) is 2.59. The van der Waals surface area contributed by atoms with Crippen LogP contribution in [0.4, 0.5) is 17.6 Å². The largest absolute Gasteiger partial charge is 0.390 e. The first-order chi connectivity index (χ1) is 10.4. The normalized spacial score (nSPS) is 12.4. The van der Waals surface area contributed by atoms with Crippen molar-refractivity contribution < 1.29 is 22.3 Å². The van der Waals surface area contributed by atoms with Crippen molar-refractivity contribution in [3.8, 4) is 0 Å². The van der Waals surface area contributed by atoms with Crippen molar-refractivity contribution in [1.29, 1.82) is 0 Å². The Morgan fingerprint density at radius 1 is 1.27 bits per heavy atom. The number of guanidine groups is 1. The lowest BCUT2D eigenvalue weighted by Gasteiger charge is -2.13. The van der Waals surface area contributed by atoms with E-state index >= 15 is 0 Å². The van der Waals surface area contributed by atoms with Gasteiger partial charge in [0.05, 0.1) is 13.0 Å². The summed E-state index contributed by atoms with van der Waals surface area (Å²) in [6.45, 7) is 0.197. The average molecular weight is 321 g/mol. The summed E-state index contributed by atoms with van der Waals surface area (Å²) in [7, 11) is 2.93. The summed E-state index contributed by atoms with van der Waals surface area (Å²) in [5.74, 6) is -0.111. The molecule has 0 saturated heterocycles. The van der Waals surface area contributed by atoms with Gasteiger partial charge in [-0.2, -0.15) is 13.2 Å². The lowest BCUT2D eigenvalue weighted by Crippen LogP contribution is -2.38. The molecule has 0 aromatic heterocycles. The van der Waals surface area contributed by atoms with E-state index in [9.17, 15) is 17.6 Å². The zero-order chi connectivity index (χ0) is 16.6. The highest BCUT2D eigenvalue weighted by molar-refractivity contribution is 5.79. The number of methoxy groups -OCH3 is 1.